The highest BCUT2D eigenvalue weighted by atomic mass is 19.1. The highest BCUT2D eigenvalue weighted by Crippen LogP contribution is 2.30. The van der Waals surface area contributed by atoms with Gasteiger partial charge in [0.25, 0.3) is 0 Å². The fourth-order valence-electron chi connectivity index (χ4n) is 2.14. The van der Waals surface area contributed by atoms with Crippen molar-refractivity contribution in [3.05, 3.63) is 29.6 Å². The Morgan fingerprint density at radius 2 is 2.14 bits per heavy atom. The molecule has 1 aliphatic carbocycles. The Hall–Kier alpha value is -2.11. The van der Waals surface area contributed by atoms with E-state index in [1.807, 2.05) is 0 Å². The number of nitrogens with zero attached hydrogens (tertiary/aromatic N) is 1. The maximum absolute atomic E-state index is 13.6. The molecule has 0 heterocycles. The molecule has 0 aliphatic heterocycles. The van der Waals surface area contributed by atoms with Crippen LogP contribution < -0.4 is 4.74 Å². The molecular weight excluding hydrogens is 277 g/mol. The topological polar surface area (TPSA) is 66.8 Å². The monoisotopic (exact) mass is 295 g/mol. The Labute approximate surface area is 122 Å². The van der Waals surface area contributed by atoms with Gasteiger partial charge in [-0.2, -0.15) is 0 Å². The van der Waals surface area contributed by atoms with Crippen molar-refractivity contribution < 1.29 is 23.8 Å². The van der Waals surface area contributed by atoms with Crippen molar-refractivity contribution >= 4 is 11.9 Å². The summed E-state index contributed by atoms with van der Waals surface area (Å²) in [5.41, 5.74) is 0.504. The lowest BCUT2D eigenvalue weighted by atomic mass is 10.1. The van der Waals surface area contributed by atoms with E-state index in [2.05, 4.69) is 0 Å². The molecule has 1 aromatic rings. The van der Waals surface area contributed by atoms with Crippen LogP contribution in [0.15, 0.2) is 18.2 Å². The van der Waals surface area contributed by atoms with E-state index in [1.165, 1.54) is 24.1 Å². The third-order valence-electron chi connectivity index (χ3n) is 3.43. The Balaban J connectivity index is 2.02. The van der Waals surface area contributed by atoms with Gasteiger partial charge in [0.05, 0.1) is 13.5 Å². The minimum Gasteiger partial charge on any atom is -0.494 e. The molecule has 0 bridgehead atoms. The number of ether oxygens (including phenoxy) is 1. The van der Waals surface area contributed by atoms with E-state index in [4.69, 9.17) is 9.84 Å². The molecule has 6 heteroatoms. The number of amides is 1. The molecule has 114 valence electrons. The van der Waals surface area contributed by atoms with Crippen molar-refractivity contribution in [2.75, 3.05) is 20.2 Å². The van der Waals surface area contributed by atoms with Crippen molar-refractivity contribution in [1.29, 1.82) is 0 Å². The maximum Gasteiger partial charge on any atom is 0.323 e. The number of hydrogen-bond acceptors (Lipinski definition) is 3. The third kappa shape index (κ3) is 4.44. The zero-order valence-electron chi connectivity index (χ0n) is 11.8. The summed E-state index contributed by atoms with van der Waals surface area (Å²) in [4.78, 5) is 24.4. The molecular formula is C15H18FNO4. The van der Waals surface area contributed by atoms with Crippen molar-refractivity contribution in [3.8, 4) is 5.75 Å². The minimum absolute atomic E-state index is 0.0130. The molecule has 1 saturated carbocycles. The first-order valence-electron chi connectivity index (χ1n) is 6.81. The van der Waals surface area contributed by atoms with E-state index in [0.717, 1.165) is 12.8 Å². The number of methoxy groups -OCH3 is 1. The van der Waals surface area contributed by atoms with Crippen LogP contribution in [0.3, 0.4) is 0 Å². The molecule has 0 aromatic heterocycles. The van der Waals surface area contributed by atoms with E-state index >= 15 is 0 Å². The smallest absolute Gasteiger partial charge is 0.323 e. The van der Waals surface area contributed by atoms with Gasteiger partial charge in [-0.3, -0.25) is 9.59 Å². The second-order valence-corrected chi connectivity index (χ2v) is 5.26. The molecule has 21 heavy (non-hydrogen) atoms. The quantitative estimate of drug-likeness (QED) is 0.831. The molecule has 0 unspecified atom stereocenters. The van der Waals surface area contributed by atoms with Crippen LogP contribution in [-0.2, 0) is 16.0 Å². The van der Waals surface area contributed by atoms with Gasteiger partial charge in [0.1, 0.15) is 6.54 Å². The molecule has 1 N–H and O–H groups in total. The Bertz CT molecular complexity index is 542. The van der Waals surface area contributed by atoms with Gasteiger partial charge in [-0.25, -0.2) is 4.39 Å². The number of carboxylic acids is 1. The summed E-state index contributed by atoms with van der Waals surface area (Å²) >= 11 is 0. The summed E-state index contributed by atoms with van der Waals surface area (Å²) in [5.74, 6) is -1.35. The standard InChI is InChI=1S/C15H18FNO4/c1-21-13-5-4-11(6-12(13)16)7-14(18)17(9-15(19)20)8-10-2-3-10/h4-6,10H,2-3,7-9H2,1H3,(H,19,20). The zero-order valence-corrected chi connectivity index (χ0v) is 11.8. The minimum atomic E-state index is -1.04. The van der Waals surface area contributed by atoms with E-state index in [9.17, 15) is 14.0 Å². The normalized spacial score (nSPS) is 13.8. The number of carbonyl (C=O) groups excluding carboxylic acids is 1. The number of halogens is 1. The van der Waals surface area contributed by atoms with Crippen molar-refractivity contribution in [2.45, 2.75) is 19.3 Å². The molecule has 1 amide bonds. The van der Waals surface area contributed by atoms with Gasteiger partial charge in [-0.05, 0) is 36.5 Å². The number of benzene rings is 1. The Kier molecular flexibility index (Phi) is 4.77. The second kappa shape index (κ2) is 6.56. The average molecular weight is 295 g/mol. The number of rotatable bonds is 7. The van der Waals surface area contributed by atoms with Gasteiger partial charge >= 0.3 is 5.97 Å². The van der Waals surface area contributed by atoms with Gasteiger partial charge in [0.2, 0.25) is 5.91 Å². The highest BCUT2D eigenvalue weighted by Gasteiger charge is 2.27. The van der Waals surface area contributed by atoms with Crippen LogP contribution in [0.4, 0.5) is 4.39 Å². The molecule has 0 atom stereocenters. The Morgan fingerprint density at radius 1 is 1.43 bits per heavy atom. The van der Waals surface area contributed by atoms with Crippen LogP contribution in [0.5, 0.6) is 5.75 Å². The lowest BCUT2D eigenvalue weighted by molar-refractivity contribution is -0.144. The zero-order chi connectivity index (χ0) is 15.4. The molecule has 1 aliphatic rings. The molecule has 0 spiro atoms. The van der Waals surface area contributed by atoms with Crippen LogP contribution in [-0.4, -0.2) is 42.1 Å². The summed E-state index contributed by atoms with van der Waals surface area (Å²) in [7, 11) is 1.37. The SMILES string of the molecule is COc1ccc(CC(=O)N(CC(=O)O)CC2CC2)cc1F. The number of hydrogen-bond donors (Lipinski definition) is 1. The molecule has 5 nitrogen and oxygen atoms in total. The molecule has 2 rings (SSSR count). The number of aliphatic carboxylic acids is 1. The lowest BCUT2D eigenvalue weighted by Crippen LogP contribution is -2.38. The fraction of sp³-hybridized carbons (Fsp3) is 0.467. The first-order valence-corrected chi connectivity index (χ1v) is 6.81. The molecule has 1 aromatic carbocycles. The van der Waals surface area contributed by atoms with E-state index in [0.29, 0.717) is 18.0 Å². The summed E-state index contributed by atoms with van der Waals surface area (Å²) in [5, 5.41) is 8.87. The largest absolute Gasteiger partial charge is 0.494 e. The summed E-state index contributed by atoms with van der Waals surface area (Å²) in [6.07, 6.45) is 2.04. The average Bonchev–Trinajstić information content (AvgIpc) is 3.21. The van der Waals surface area contributed by atoms with Crippen molar-refractivity contribution in [3.63, 3.8) is 0 Å². The van der Waals surface area contributed by atoms with Crippen molar-refractivity contribution in [2.24, 2.45) is 5.92 Å². The van der Waals surface area contributed by atoms with Crippen molar-refractivity contribution in [1.82, 2.24) is 4.90 Å². The van der Waals surface area contributed by atoms with E-state index in [-0.39, 0.29) is 24.6 Å². The van der Waals surface area contributed by atoms with Gasteiger partial charge in [0.15, 0.2) is 11.6 Å². The predicted molar refractivity (Wildman–Crippen MR) is 73.6 cm³/mol. The highest BCUT2D eigenvalue weighted by molar-refractivity contribution is 5.83. The van der Waals surface area contributed by atoms with Gasteiger partial charge in [0, 0.05) is 6.54 Å². The number of carboxylic acid groups (broad SMARTS) is 1. The Morgan fingerprint density at radius 3 is 2.67 bits per heavy atom. The number of carbonyl (C=O) groups is 2. The fourth-order valence-corrected chi connectivity index (χ4v) is 2.14. The van der Waals surface area contributed by atoms with Crippen LogP contribution in [0.25, 0.3) is 0 Å². The first-order chi connectivity index (χ1) is 9.99. The summed E-state index contributed by atoms with van der Waals surface area (Å²) in [6, 6.07) is 4.31. The molecule has 0 radical (unpaired) electrons. The maximum atomic E-state index is 13.6. The van der Waals surface area contributed by atoms with Crippen LogP contribution in [0.1, 0.15) is 18.4 Å². The van der Waals surface area contributed by atoms with Crippen LogP contribution in [0.2, 0.25) is 0 Å². The predicted octanol–water partition coefficient (Wildman–Crippen LogP) is 1.70. The van der Waals surface area contributed by atoms with Gasteiger partial charge < -0.3 is 14.7 Å². The van der Waals surface area contributed by atoms with E-state index < -0.39 is 11.8 Å². The van der Waals surface area contributed by atoms with Crippen LogP contribution in [0, 0.1) is 11.7 Å². The third-order valence-corrected chi connectivity index (χ3v) is 3.43. The molecule has 0 saturated heterocycles. The second-order valence-electron chi connectivity index (χ2n) is 5.26. The molecule has 1 fully saturated rings. The van der Waals surface area contributed by atoms with Crippen LogP contribution >= 0.6 is 0 Å². The first kappa shape index (κ1) is 15.3. The van der Waals surface area contributed by atoms with Gasteiger partial charge in [-0.1, -0.05) is 6.07 Å². The van der Waals surface area contributed by atoms with E-state index in [1.54, 1.807) is 6.07 Å². The summed E-state index contributed by atoms with van der Waals surface area (Å²) in [6.45, 7) is 0.151. The summed E-state index contributed by atoms with van der Waals surface area (Å²) < 4.78 is 18.4. The lowest BCUT2D eigenvalue weighted by Gasteiger charge is -2.20. The van der Waals surface area contributed by atoms with Gasteiger partial charge in [-0.15, -0.1) is 0 Å².